The van der Waals surface area contributed by atoms with Crippen molar-refractivity contribution in [3.05, 3.63) is 60.1 Å². The van der Waals surface area contributed by atoms with Crippen LogP contribution in [-0.4, -0.2) is 42.7 Å². The summed E-state index contributed by atoms with van der Waals surface area (Å²) in [4.78, 5) is 17.0. The van der Waals surface area contributed by atoms with Crippen molar-refractivity contribution in [2.24, 2.45) is 0 Å². The van der Waals surface area contributed by atoms with Crippen LogP contribution >= 0.6 is 0 Å². The van der Waals surface area contributed by atoms with Gasteiger partial charge in [0.05, 0.1) is 38.9 Å². The number of benzene rings is 1. The Morgan fingerprint density at radius 1 is 1.37 bits per heavy atom. The number of rotatable bonds is 5. The van der Waals surface area contributed by atoms with E-state index in [1.54, 1.807) is 24.5 Å². The molecule has 2 aliphatic rings. The first-order valence-electron chi connectivity index (χ1n) is 9.00. The zero-order valence-corrected chi connectivity index (χ0v) is 15.6. The zero-order chi connectivity index (χ0) is 19.0. The summed E-state index contributed by atoms with van der Waals surface area (Å²) in [5.74, 6) is 1.99. The molecule has 0 spiro atoms. The molecule has 1 unspecified atom stereocenters. The highest BCUT2D eigenvalue weighted by molar-refractivity contribution is 5.96. The molecule has 3 heterocycles. The van der Waals surface area contributed by atoms with Crippen LogP contribution in [0.5, 0.6) is 17.2 Å². The van der Waals surface area contributed by atoms with E-state index < -0.39 is 0 Å². The van der Waals surface area contributed by atoms with Crippen LogP contribution in [-0.2, 0) is 6.42 Å². The number of ether oxygens (including phenoxy) is 3. The third kappa shape index (κ3) is 3.06. The number of aromatic nitrogens is 1. The largest absolute Gasteiger partial charge is 0.461 e. The molecule has 1 atom stereocenters. The Morgan fingerprint density at radius 2 is 2.15 bits per heavy atom. The van der Waals surface area contributed by atoms with Crippen LogP contribution in [0.15, 0.2) is 43.4 Å². The predicted molar refractivity (Wildman–Crippen MR) is 100.0 cm³/mol. The zero-order valence-electron chi connectivity index (χ0n) is 15.6. The number of hydrogen-bond acceptors (Lipinski definition) is 5. The molecule has 2 aromatic rings. The van der Waals surface area contributed by atoms with E-state index in [4.69, 9.17) is 14.2 Å². The molecule has 0 N–H and O–H groups in total. The van der Waals surface area contributed by atoms with Crippen LogP contribution in [0.4, 0.5) is 0 Å². The van der Waals surface area contributed by atoms with Gasteiger partial charge in [0.1, 0.15) is 6.04 Å². The van der Waals surface area contributed by atoms with Gasteiger partial charge in [0, 0.05) is 24.4 Å². The second-order valence-electron chi connectivity index (χ2n) is 7.43. The van der Waals surface area contributed by atoms with Crippen molar-refractivity contribution in [1.29, 1.82) is 0 Å². The summed E-state index contributed by atoms with van der Waals surface area (Å²) in [6.07, 6.45) is 5.94. The Labute approximate surface area is 158 Å². The molecule has 0 saturated carbocycles. The lowest BCUT2D eigenvalue weighted by Crippen LogP contribution is -2.48. The first kappa shape index (κ1) is 17.5. The Balaban J connectivity index is 1.80. The molecule has 140 valence electrons. The second-order valence-corrected chi connectivity index (χ2v) is 7.43. The number of ketones is 1. The van der Waals surface area contributed by atoms with Crippen molar-refractivity contribution >= 4 is 5.78 Å². The number of hydrogen-bond donors (Lipinski definition) is 0. The van der Waals surface area contributed by atoms with Crippen molar-refractivity contribution in [3.8, 4) is 17.2 Å². The molecule has 1 aromatic carbocycles. The fraction of sp³-hybridized carbons (Fsp3) is 0.333. The molecule has 0 amide bonds. The first-order valence-corrected chi connectivity index (χ1v) is 9.00. The number of carbonyl (C=O) groups excluding carboxylic acids is 1. The van der Waals surface area contributed by atoms with Crippen molar-refractivity contribution in [3.63, 3.8) is 0 Å². The van der Waals surface area contributed by atoms with Crippen molar-refractivity contribution in [2.45, 2.75) is 18.9 Å². The number of fused-ring (bicyclic) bond motifs is 2. The lowest BCUT2D eigenvalue weighted by Gasteiger charge is -2.43. The van der Waals surface area contributed by atoms with Crippen LogP contribution in [0.1, 0.15) is 33.9 Å². The average Bonchev–Trinajstić information content (AvgIpc) is 3.13. The van der Waals surface area contributed by atoms with Gasteiger partial charge in [-0.1, -0.05) is 6.58 Å². The average molecular weight is 367 g/mol. The number of pyridine rings is 1. The fourth-order valence-electron chi connectivity index (χ4n) is 3.94. The standard InChI is InChI=1S/C21H23N2O4/c1-4-25-21-19-15(11-18-20(21)27-13-26-18)7-10-23(2,3)16(19)12-17(24)14-5-8-22-9-6-14/h4-6,8-9,11,16H,1,7,10,12-13H2,2-3H3/q+1. The van der Waals surface area contributed by atoms with Crippen LogP contribution in [0.25, 0.3) is 0 Å². The normalized spacial score (nSPS) is 19.3. The monoisotopic (exact) mass is 367 g/mol. The van der Waals surface area contributed by atoms with Gasteiger partial charge in [-0.05, 0) is 23.8 Å². The minimum Gasteiger partial charge on any atom is -0.461 e. The van der Waals surface area contributed by atoms with Crippen molar-refractivity contribution in [1.82, 2.24) is 4.98 Å². The Bertz CT molecular complexity index is 893. The van der Waals surface area contributed by atoms with E-state index in [2.05, 4.69) is 25.7 Å². The molecule has 0 bridgehead atoms. The van der Waals surface area contributed by atoms with Crippen molar-refractivity contribution < 1.29 is 23.5 Å². The number of quaternary nitrogens is 1. The molecular formula is C21H23N2O4+. The van der Waals surface area contributed by atoms with Crippen LogP contribution in [0.3, 0.4) is 0 Å². The summed E-state index contributed by atoms with van der Waals surface area (Å²) in [5.41, 5.74) is 2.82. The molecular weight excluding hydrogens is 344 g/mol. The van der Waals surface area contributed by atoms with Gasteiger partial charge in [-0.15, -0.1) is 0 Å². The molecule has 0 aliphatic carbocycles. The molecule has 6 heteroatoms. The maximum Gasteiger partial charge on any atom is 0.231 e. The minimum atomic E-state index is -0.0566. The smallest absolute Gasteiger partial charge is 0.231 e. The third-order valence-corrected chi connectivity index (χ3v) is 5.46. The lowest BCUT2D eigenvalue weighted by atomic mass is 9.86. The van der Waals surface area contributed by atoms with Gasteiger partial charge in [0.15, 0.2) is 17.3 Å². The maximum absolute atomic E-state index is 13.0. The van der Waals surface area contributed by atoms with E-state index in [1.165, 1.54) is 6.26 Å². The van der Waals surface area contributed by atoms with Crippen LogP contribution in [0.2, 0.25) is 0 Å². The van der Waals surface area contributed by atoms with Gasteiger partial charge in [-0.2, -0.15) is 0 Å². The van der Waals surface area contributed by atoms with E-state index in [0.717, 1.165) is 24.1 Å². The van der Waals surface area contributed by atoms with Gasteiger partial charge in [-0.25, -0.2) is 0 Å². The highest BCUT2D eigenvalue weighted by Crippen LogP contribution is 2.51. The quantitative estimate of drug-likeness (QED) is 0.461. The highest BCUT2D eigenvalue weighted by Gasteiger charge is 2.42. The van der Waals surface area contributed by atoms with Gasteiger partial charge in [-0.3, -0.25) is 9.78 Å². The second kappa shape index (κ2) is 6.70. The van der Waals surface area contributed by atoms with Gasteiger partial charge >= 0.3 is 0 Å². The van der Waals surface area contributed by atoms with E-state index in [1.807, 2.05) is 6.07 Å². The molecule has 27 heavy (non-hydrogen) atoms. The van der Waals surface area contributed by atoms with Gasteiger partial charge in [0.2, 0.25) is 12.5 Å². The predicted octanol–water partition coefficient (Wildman–Crippen LogP) is 3.28. The first-order chi connectivity index (χ1) is 13.0. The summed E-state index contributed by atoms with van der Waals surface area (Å²) in [5, 5.41) is 0. The number of Topliss-reactive ketones (excluding diaryl/α,β-unsaturated/α-hetero) is 1. The van der Waals surface area contributed by atoms with Gasteiger partial charge in [0.25, 0.3) is 0 Å². The van der Waals surface area contributed by atoms with E-state index >= 15 is 0 Å². The SMILES string of the molecule is C=COc1c2c(cc3c1C(CC(=O)c1ccncc1)[N+](C)(C)CC3)OCO2. The summed E-state index contributed by atoms with van der Waals surface area (Å²) < 4.78 is 17.7. The molecule has 2 aliphatic heterocycles. The molecule has 0 saturated heterocycles. The molecule has 1 aromatic heterocycles. The highest BCUT2D eigenvalue weighted by atomic mass is 16.7. The summed E-state index contributed by atoms with van der Waals surface area (Å²) in [6, 6.07) is 5.48. The molecule has 0 fully saturated rings. The number of nitrogens with zero attached hydrogens (tertiary/aromatic N) is 2. The summed E-state index contributed by atoms with van der Waals surface area (Å²) in [7, 11) is 4.30. The Morgan fingerprint density at radius 3 is 2.89 bits per heavy atom. The molecule has 6 nitrogen and oxygen atoms in total. The summed E-state index contributed by atoms with van der Waals surface area (Å²) in [6.45, 7) is 4.80. The number of likely N-dealkylation sites (N-methyl/N-ethyl adjacent to an activating group) is 1. The van der Waals surface area contributed by atoms with Crippen LogP contribution < -0.4 is 14.2 Å². The maximum atomic E-state index is 13.0. The van der Waals surface area contributed by atoms with Gasteiger partial charge < -0.3 is 18.7 Å². The van der Waals surface area contributed by atoms with E-state index in [0.29, 0.717) is 33.7 Å². The topological polar surface area (TPSA) is 57.7 Å². The Hall–Kier alpha value is -2.86. The third-order valence-electron chi connectivity index (χ3n) is 5.46. The Kier molecular flexibility index (Phi) is 4.36. The molecule has 0 radical (unpaired) electrons. The minimum absolute atomic E-state index is 0.0566. The van der Waals surface area contributed by atoms with Crippen LogP contribution in [0, 0.1) is 0 Å². The van der Waals surface area contributed by atoms with Crippen molar-refractivity contribution in [2.75, 3.05) is 27.4 Å². The van der Waals surface area contributed by atoms with E-state index in [9.17, 15) is 4.79 Å². The number of carbonyl (C=O) groups is 1. The lowest BCUT2D eigenvalue weighted by molar-refractivity contribution is -0.922. The fourth-order valence-corrected chi connectivity index (χ4v) is 3.94. The molecule has 4 rings (SSSR count). The van der Waals surface area contributed by atoms with E-state index in [-0.39, 0.29) is 18.6 Å². The summed E-state index contributed by atoms with van der Waals surface area (Å²) >= 11 is 0.